The van der Waals surface area contributed by atoms with Gasteiger partial charge in [-0.2, -0.15) is 0 Å². The minimum Gasteiger partial charge on any atom is -0.481 e. The lowest BCUT2D eigenvalue weighted by atomic mass is 9.82. The molecule has 0 radical (unpaired) electrons. The zero-order chi connectivity index (χ0) is 21.5. The lowest BCUT2D eigenvalue weighted by Gasteiger charge is -2.26. The molecule has 2 unspecified atom stereocenters. The molecule has 0 bridgehead atoms. The van der Waals surface area contributed by atoms with Gasteiger partial charge in [-0.05, 0) is 61.6 Å². The molecule has 1 N–H and O–H groups in total. The van der Waals surface area contributed by atoms with Gasteiger partial charge >= 0.3 is 11.7 Å². The average molecular weight is 437 g/mol. The molecule has 3 aliphatic rings. The molecule has 0 amide bonds. The van der Waals surface area contributed by atoms with E-state index in [-0.39, 0.29) is 11.6 Å². The smallest absolute Gasteiger partial charge is 0.329 e. The predicted molar refractivity (Wildman–Crippen MR) is 125 cm³/mol. The Hall–Kier alpha value is -2.47. The van der Waals surface area contributed by atoms with E-state index in [1.54, 1.807) is 0 Å². The third-order valence-electron chi connectivity index (χ3n) is 7.16. The highest BCUT2D eigenvalue weighted by atomic mass is 32.2. The highest BCUT2D eigenvalue weighted by molar-refractivity contribution is 8.03. The second kappa shape index (κ2) is 8.23. The van der Waals surface area contributed by atoms with Crippen molar-refractivity contribution in [3.63, 3.8) is 0 Å². The normalized spacial score (nSPS) is 27.8. The average Bonchev–Trinajstić information content (AvgIpc) is 3.30. The number of allylic oxidation sites excluding steroid dienone is 4. The molecule has 1 aromatic heterocycles. The third kappa shape index (κ3) is 3.71. The number of carboxylic acids is 1. The monoisotopic (exact) mass is 436 g/mol. The highest BCUT2D eigenvalue weighted by Gasteiger charge is 2.32. The van der Waals surface area contributed by atoms with Gasteiger partial charge in [0, 0.05) is 17.7 Å². The zero-order valence-electron chi connectivity index (χ0n) is 17.7. The Bertz CT molecular complexity index is 1160. The maximum atomic E-state index is 13.5. The first kappa shape index (κ1) is 20.4. The second-order valence-corrected chi connectivity index (χ2v) is 10.1. The Balaban J connectivity index is 1.42. The van der Waals surface area contributed by atoms with Crippen LogP contribution in [0, 0.1) is 17.8 Å². The molecular weight excluding hydrogens is 408 g/mol. The van der Waals surface area contributed by atoms with Crippen molar-refractivity contribution >= 4 is 28.8 Å². The molecule has 2 heterocycles. The fraction of sp³-hybridized carbons (Fsp3) is 0.440. The maximum Gasteiger partial charge on any atom is 0.329 e. The molecule has 2 aliphatic carbocycles. The molecule has 2 atom stereocenters. The Morgan fingerprint density at radius 2 is 1.84 bits per heavy atom. The Morgan fingerprint density at radius 3 is 2.55 bits per heavy atom. The first-order valence-corrected chi connectivity index (χ1v) is 12.1. The number of thioether (sulfide) groups is 1. The summed E-state index contributed by atoms with van der Waals surface area (Å²) in [5.41, 5.74) is 4.67. The summed E-state index contributed by atoms with van der Waals surface area (Å²) in [6, 6.07) is 8.06. The van der Waals surface area contributed by atoms with E-state index in [0.717, 1.165) is 23.9 Å². The number of para-hydroxylation sites is 2. The van der Waals surface area contributed by atoms with Crippen LogP contribution in [0.2, 0.25) is 0 Å². The number of rotatable bonds is 5. The molecular formula is C25H28N2O3S. The van der Waals surface area contributed by atoms with Crippen molar-refractivity contribution in [1.29, 1.82) is 0 Å². The van der Waals surface area contributed by atoms with Gasteiger partial charge in [0.2, 0.25) is 0 Å². The van der Waals surface area contributed by atoms with E-state index < -0.39 is 5.97 Å². The van der Waals surface area contributed by atoms with Gasteiger partial charge < -0.3 is 5.11 Å². The second-order valence-electron chi connectivity index (χ2n) is 9.09. The SMILES string of the molecule is CC1=CC=CC2SC=C(Cn3c(=O)n(CC4CCC(C(=O)O)CC4)c4ccccc43)C12. The van der Waals surface area contributed by atoms with Crippen molar-refractivity contribution in [1.82, 2.24) is 9.13 Å². The van der Waals surface area contributed by atoms with Crippen LogP contribution in [-0.2, 0) is 17.9 Å². The van der Waals surface area contributed by atoms with E-state index in [1.165, 1.54) is 11.1 Å². The van der Waals surface area contributed by atoms with Gasteiger partial charge in [-0.3, -0.25) is 13.9 Å². The van der Waals surface area contributed by atoms with Crippen LogP contribution in [0.15, 0.2) is 63.8 Å². The molecule has 0 saturated heterocycles. The van der Waals surface area contributed by atoms with Gasteiger partial charge in [0.15, 0.2) is 0 Å². The molecule has 5 nitrogen and oxygen atoms in total. The summed E-state index contributed by atoms with van der Waals surface area (Å²) in [4.78, 5) is 24.8. The van der Waals surface area contributed by atoms with Gasteiger partial charge in [-0.1, -0.05) is 35.9 Å². The van der Waals surface area contributed by atoms with Crippen molar-refractivity contribution in [3.8, 4) is 0 Å². The van der Waals surface area contributed by atoms with Crippen molar-refractivity contribution in [3.05, 3.63) is 69.5 Å². The molecule has 162 valence electrons. The summed E-state index contributed by atoms with van der Waals surface area (Å²) in [7, 11) is 0. The molecule has 1 saturated carbocycles. The number of nitrogens with zero attached hydrogens (tertiary/aromatic N) is 2. The van der Waals surface area contributed by atoms with Gasteiger partial charge in [-0.15, -0.1) is 11.8 Å². The Morgan fingerprint density at radius 1 is 1.13 bits per heavy atom. The van der Waals surface area contributed by atoms with Crippen LogP contribution in [0.5, 0.6) is 0 Å². The summed E-state index contributed by atoms with van der Waals surface area (Å²) in [6.45, 7) is 3.46. The van der Waals surface area contributed by atoms with Crippen LogP contribution in [0.3, 0.4) is 0 Å². The molecule has 2 aromatic rings. The van der Waals surface area contributed by atoms with E-state index in [0.29, 0.717) is 43.0 Å². The number of hydrogen-bond donors (Lipinski definition) is 1. The first-order chi connectivity index (χ1) is 15.0. The van der Waals surface area contributed by atoms with Gasteiger partial charge in [0.25, 0.3) is 0 Å². The van der Waals surface area contributed by atoms with Crippen molar-refractivity contribution in [2.24, 2.45) is 17.8 Å². The number of aliphatic carboxylic acids is 1. The van der Waals surface area contributed by atoms with E-state index in [9.17, 15) is 14.7 Å². The molecule has 1 fully saturated rings. The zero-order valence-corrected chi connectivity index (χ0v) is 18.6. The number of fused-ring (bicyclic) bond motifs is 2. The first-order valence-electron chi connectivity index (χ1n) is 11.1. The quantitative estimate of drug-likeness (QED) is 0.729. The molecule has 5 rings (SSSR count). The minimum absolute atomic E-state index is 0.0453. The minimum atomic E-state index is -0.685. The topological polar surface area (TPSA) is 64.2 Å². The number of aromatic nitrogens is 2. The Kier molecular flexibility index (Phi) is 5.42. The van der Waals surface area contributed by atoms with E-state index in [1.807, 2.05) is 45.2 Å². The fourth-order valence-electron chi connectivity index (χ4n) is 5.43. The number of carbonyl (C=O) groups is 1. The van der Waals surface area contributed by atoms with E-state index in [4.69, 9.17) is 0 Å². The maximum absolute atomic E-state index is 13.5. The summed E-state index contributed by atoms with van der Waals surface area (Å²) in [5, 5.41) is 11.9. The molecule has 1 aliphatic heterocycles. The highest BCUT2D eigenvalue weighted by Crippen LogP contribution is 2.43. The molecule has 31 heavy (non-hydrogen) atoms. The van der Waals surface area contributed by atoms with Crippen LogP contribution < -0.4 is 5.69 Å². The van der Waals surface area contributed by atoms with E-state index in [2.05, 4.69) is 30.6 Å². The van der Waals surface area contributed by atoms with Gasteiger partial charge in [-0.25, -0.2) is 4.79 Å². The van der Waals surface area contributed by atoms with Gasteiger partial charge in [0.05, 0.1) is 23.5 Å². The van der Waals surface area contributed by atoms with Crippen molar-refractivity contribution < 1.29 is 9.90 Å². The number of carboxylic acid groups (broad SMARTS) is 1. The predicted octanol–water partition coefficient (Wildman–Crippen LogP) is 4.83. The lowest BCUT2D eigenvalue weighted by Crippen LogP contribution is -2.30. The van der Waals surface area contributed by atoms with Crippen molar-refractivity contribution in [2.75, 3.05) is 0 Å². The van der Waals surface area contributed by atoms with Crippen LogP contribution in [0.4, 0.5) is 0 Å². The summed E-state index contributed by atoms with van der Waals surface area (Å²) >= 11 is 1.85. The molecule has 1 aromatic carbocycles. The lowest BCUT2D eigenvalue weighted by molar-refractivity contribution is -0.143. The van der Waals surface area contributed by atoms with Crippen molar-refractivity contribution in [2.45, 2.75) is 50.9 Å². The molecule has 0 spiro atoms. The van der Waals surface area contributed by atoms with Crippen LogP contribution in [0.1, 0.15) is 32.6 Å². The number of imidazole rings is 1. The van der Waals surface area contributed by atoms with Crippen LogP contribution >= 0.6 is 11.8 Å². The van der Waals surface area contributed by atoms with Gasteiger partial charge in [0.1, 0.15) is 0 Å². The largest absolute Gasteiger partial charge is 0.481 e. The van der Waals surface area contributed by atoms with E-state index >= 15 is 0 Å². The summed E-state index contributed by atoms with van der Waals surface area (Å²) < 4.78 is 3.85. The number of benzene rings is 1. The summed E-state index contributed by atoms with van der Waals surface area (Å²) in [6.07, 6.45) is 9.72. The number of hydrogen-bond acceptors (Lipinski definition) is 3. The standard InChI is InChI=1S/C25H28N2O3S/c1-16-5-4-8-22-23(16)19(15-31-22)14-27-21-7-3-2-6-20(21)26(25(27)30)13-17-9-11-18(12-10-17)24(28)29/h2-8,15,17-18,22-23H,9-14H2,1H3,(H,28,29). The third-order valence-corrected chi connectivity index (χ3v) is 8.34. The van der Waals surface area contributed by atoms with Crippen LogP contribution in [0.25, 0.3) is 11.0 Å². The Labute approximate surface area is 186 Å². The summed E-state index contributed by atoms with van der Waals surface area (Å²) in [5.74, 6) is -0.188. The van der Waals surface area contributed by atoms with Crippen LogP contribution in [-0.4, -0.2) is 25.5 Å². The fourth-order valence-corrected chi connectivity index (χ4v) is 6.71. The molecule has 6 heteroatoms.